The number of hydrogen-bond donors (Lipinski definition) is 2. The van der Waals surface area contributed by atoms with Gasteiger partial charge in [-0.25, -0.2) is 13.6 Å². The Morgan fingerprint density at radius 1 is 1.10 bits per heavy atom. The molecule has 0 unspecified atom stereocenters. The molecule has 0 radical (unpaired) electrons. The molecular formula is C22H23F2N3O2. The molecule has 0 atom stereocenters. The van der Waals surface area contributed by atoms with E-state index in [0.717, 1.165) is 30.9 Å². The molecule has 2 aliphatic rings. The number of carbonyl (C=O) groups is 2. The summed E-state index contributed by atoms with van der Waals surface area (Å²) in [7, 11) is 0. The maximum atomic E-state index is 13.4. The third kappa shape index (κ3) is 4.55. The van der Waals surface area contributed by atoms with Gasteiger partial charge in [-0.3, -0.25) is 4.79 Å². The molecule has 3 amide bonds. The number of halogens is 2. The number of piperidine rings is 1. The Morgan fingerprint density at radius 3 is 2.55 bits per heavy atom. The minimum absolute atomic E-state index is 0.114. The fraction of sp³-hybridized carbons (Fsp3) is 0.364. The van der Waals surface area contributed by atoms with Crippen LogP contribution in [0.15, 0.2) is 36.4 Å². The summed E-state index contributed by atoms with van der Waals surface area (Å²) in [5.41, 5.74) is 2.84. The monoisotopic (exact) mass is 399 g/mol. The molecule has 2 aromatic carbocycles. The summed E-state index contributed by atoms with van der Waals surface area (Å²) >= 11 is 0. The highest BCUT2D eigenvalue weighted by molar-refractivity contribution is 5.99. The van der Waals surface area contributed by atoms with Crippen molar-refractivity contribution in [3.05, 3.63) is 64.7 Å². The van der Waals surface area contributed by atoms with Gasteiger partial charge in [-0.2, -0.15) is 0 Å². The van der Waals surface area contributed by atoms with E-state index in [1.54, 1.807) is 11.0 Å². The maximum absolute atomic E-state index is 13.4. The van der Waals surface area contributed by atoms with Crippen LogP contribution in [-0.2, 0) is 12.8 Å². The highest BCUT2D eigenvalue weighted by atomic mass is 19.1. The molecule has 1 saturated heterocycles. The average Bonchev–Trinajstić information content (AvgIpc) is 2.68. The van der Waals surface area contributed by atoms with Crippen LogP contribution < -0.4 is 10.6 Å². The van der Waals surface area contributed by atoms with E-state index < -0.39 is 11.6 Å². The quantitative estimate of drug-likeness (QED) is 0.826. The summed E-state index contributed by atoms with van der Waals surface area (Å²) in [4.78, 5) is 26.3. The Hall–Kier alpha value is -2.96. The SMILES string of the molecule is O=C1NCCc2ccc(NC(=O)N3CCC(Cc4cc(F)cc(F)c4)CC3)cc21. The average molecular weight is 399 g/mol. The number of fused-ring (bicyclic) bond motifs is 1. The van der Waals surface area contributed by atoms with Gasteiger partial charge in [0.2, 0.25) is 0 Å². The number of anilines is 1. The number of nitrogens with one attached hydrogen (secondary N) is 2. The molecule has 0 bridgehead atoms. The van der Waals surface area contributed by atoms with Gasteiger partial charge in [-0.05, 0) is 67.0 Å². The van der Waals surface area contributed by atoms with Crippen LogP contribution >= 0.6 is 0 Å². The predicted molar refractivity (Wildman–Crippen MR) is 106 cm³/mol. The zero-order chi connectivity index (χ0) is 20.4. The molecule has 1 fully saturated rings. The van der Waals surface area contributed by atoms with Crippen molar-refractivity contribution in [2.45, 2.75) is 25.7 Å². The Bertz CT molecular complexity index is 919. The van der Waals surface area contributed by atoms with Crippen molar-refractivity contribution in [3.8, 4) is 0 Å². The first kappa shape index (κ1) is 19.4. The molecule has 29 heavy (non-hydrogen) atoms. The van der Waals surface area contributed by atoms with Crippen molar-refractivity contribution in [2.75, 3.05) is 25.0 Å². The smallest absolute Gasteiger partial charge is 0.321 e. The second kappa shape index (κ2) is 8.19. The summed E-state index contributed by atoms with van der Waals surface area (Å²) in [5, 5.41) is 5.67. The molecule has 4 rings (SSSR count). The van der Waals surface area contributed by atoms with Gasteiger partial charge in [-0.1, -0.05) is 6.07 Å². The summed E-state index contributed by atoms with van der Waals surface area (Å²) in [6, 6.07) is 8.84. The first-order chi connectivity index (χ1) is 14.0. The van der Waals surface area contributed by atoms with Gasteiger partial charge in [0.15, 0.2) is 0 Å². The largest absolute Gasteiger partial charge is 0.352 e. The number of amides is 3. The van der Waals surface area contributed by atoms with Gasteiger partial charge in [-0.15, -0.1) is 0 Å². The molecular weight excluding hydrogens is 376 g/mol. The van der Waals surface area contributed by atoms with Crippen molar-refractivity contribution in [1.29, 1.82) is 0 Å². The van der Waals surface area contributed by atoms with Crippen LogP contribution in [0.2, 0.25) is 0 Å². The van der Waals surface area contributed by atoms with Crippen LogP contribution in [0.1, 0.15) is 34.3 Å². The van der Waals surface area contributed by atoms with E-state index in [1.165, 1.54) is 12.1 Å². The molecule has 2 aliphatic heterocycles. The fourth-order valence-corrected chi connectivity index (χ4v) is 4.09. The van der Waals surface area contributed by atoms with E-state index in [1.807, 2.05) is 12.1 Å². The lowest BCUT2D eigenvalue weighted by molar-refractivity contribution is 0.0946. The number of nitrogens with zero attached hydrogens (tertiary/aromatic N) is 1. The van der Waals surface area contributed by atoms with Crippen molar-refractivity contribution in [1.82, 2.24) is 10.2 Å². The van der Waals surface area contributed by atoms with Crippen molar-refractivity contribution < 1.29 is 18.4 Å². The van der Waals surface area contributed by atoms with E-state index in [9.17, 15) is 18.4 Å². The van der Waals surface area contributed by atoms with Crippen LogP contribution in [-0.4, -0.2) is 36.5 Å². The fourth-order valence-electron chi connectivity index (χ4n) is 4.09. The lowest BCUT2D eigenvalue weighted by Crippen LogP contribution is -2.41. The van der Waals surface area contributed by atoms with Crippen molar-refractivity contribution in [2.24, 2.45) is 5.92 Å². The molecule has 2 aromatic rings. The zero-order valence-electron chi connectivity index (χ0n) is 16.0. The number of hydrogen-bond acceptors (Lipinski definition) is 2. The second-order valence-electron chi connectivity index (χ2n) is 7.72. The first-order valence-electron chi connectivity index (χ1n) is 9.90. The maximum Gasteiger partial charge on any atom is 0.321 e. The summed E-state index contributed by atoms with van der Waals surface area (Å²) in [6.07, 6.45) is 2.94. The van der Waals surface area contributed by atoms with Crippen LogP contribution in [0.4, 0.5) is 19.3 Å². The highest BCUT2D eigenvalue weighted by Crippen LogP contribution is 2.24. The number of rotatable bonds is 3. The van der Waals surface area contributed by atoms with Gasteiger partial charge >= 0.3 is 6.03 Å². The van der Waals surface area contributed by atoms with Crippen molar-refractivity contribution >= 4 is 17.6 Å². The van der Waals surface area contributed by atoms with Crippen LogP contribution in [0.5, 0.6) is 0 Å². The minimum atomic E-state index is -0.560. The van der Waals surface area contributed by atoms with Gasteiger partial charge in [0.1, 0.15) is 11.6 Å². The Morgan fingerprint density at radius 2 is 1.83 bits per heavy atom. The molecule has 0 saturated carbocycles. The highest BCUT2D eigenvalue weighted by Gasteiger charge is 2.24. The van der Waals surface area contributed by atoms with Gasteiger partial charge < -0.3 is 15.5 Å². The molecule has 152 valence electrons. The molecule has 5 nitrogen and oxygen atoms in total. The third-order valence-corrected chi connectivity index (χ3v) is 5.63. The Kier molecular flexibility index (Phi) is 5.47. The van der Waals surface area contributed by atoms with Gasteiger partial charge in [0, 0.05) is 37.0 Å². The van der Waals surface area contributed by atoms with E-state index in [0.29, 0.717) is 42.9 Å². The predicted octanol–water partition coefficient (Wildman–Crippen LogP) is 3.74. The topological polar surface area (TPSA) is 61.4 Å². The summed E-state index contributed by atoms with van der Waals surface area (Å²) < 4.78 is 26.7. The lowest BCUT2D eigenvalue weighted by Gasteiger charge is -2.32. The Balaban J connectivity index is 1.32. The van der Waals surface area contributed by atoms with Crippen molar-refractivity contribution in [3.63, 3.8) is 0 Å². The molecule has 0 spiro atoms. The molecule has 7 heteroatoms. The van der Waals surface area contributed by atoms with Gasteiger partial charge in [0.25, 0.3) is 5.91 Å². The Labute approximate surface area is 168 Å². The lowest BCUT2D eigenvalue weighted by atomic mass is 9.90. The molecule has 0 aromatic heterocycles. The second-order valence-corrected chi connectivity index (χ2v) is 7.72. The van der Waals surface area contributed by atoms with E-state index >= 15 is 0 Å². The van der Waals surface area contributed by atoms with Gasteiger partial charge in [0.05, 0.1) is 0 Å². The number of carbonyl (C=O) groups excluding carboxylic acids is 2. The third-order valence-electron chi connectivity index (χ3n) is 5.63. The van der Waals surface area contributed by atoms with E-state index in [-0.39, 0.29) is 17.9 Å². The molecule has 2 heterocycles. The van der Waals surface area contributed by atoms with Crippen LogP contribution in [0.25, 0.3) is 0 Å². The van der Waals surface area contributed by atoms with Crippen LogP contribution in [0, 0.1) is 17.6 Å². The normalized spacial score (nSPS) is 16.9. The first-order valence-corrected chi connectivity index (χ1v) is 9.90. The number of likely N-dealkylation sites (tertiary alicyclic amines) is 1. The summed E-state index contributed by atoms with van der Waals surface area (Å²) in [6.45, 7) is 1.80. The molecule has 2 N–H and O–H groups in total. The van der Waals surface area contributed by atoms with Crippen LogP contribution in [0.3, 0.4) is 0 Å². The minimum Gasteiger partial charge on any atom is -0.352 e. The van der Waals surface area contributed by atoms with E-state index in [4.69, 9.17) is 0 Å². The van der Waals surface area contributed by atoms with E-state index in [2.05, 4.69) is 10.6 Å². The number of benzene rings is 2. The molecule has 0 aliphatic carbocycles. The summed E-state index contributed by atoms with van der Waals surface area (Å²) in [5.74, 6) is -0.948. The zero-order valence-corrected chi connectivity index (χ0v) is 16.0. The standard InChI is InChI=1S/C22H23F2N3O2/c23-17-10-15(11-18(24)12-17)9-14-4-7-27(8-5-14)22(29)26-19-2-1-16-3-6-25-21(28)20(16)13-19/h1-2,10-14H,3-9H2,(H,25,28)(H,26,29). The number of urea groups is 1.